The van der Waals surface area contributed by atoms with Crippen LogP contribution in [-0.2, 0) is 15.9 Å². The number of halogens is 2. The molecule has 0 N–H and O–H groups in total. The van der Waals surface area contributed by atoms with Gasteiger partial charge in [-0.3, -0.25) is 0 Å². The Morgan fingerprint density at radius 1 is 1.58 bits per heavy atom. The van der Waals surface area contributed by atoms with Gasteiger partial charge in [0.1, 0.15) is 10.7 Å². The van der Waals surface area contributed by atoms with Gasteiger partial charge < -0.3 is 4.42 Å². The Balaban J connectivity index is 3.11. The average molecular weight is 391 g/mol. The van der Waals surface area contributed by atoms with E-state index in [0.29, 0.717) is 5.76 Å². The predicted octanol–water partition coefficient (Wildman–Crippen LogP) is 3.54. The van der Waals surface area contributed by atoms with Crippen molar-refractivity contribution in [1.82, 2.24) is 4.31 Å². The molecule has 0 aliphatic heterocycles. The van der Waals surface area contributed by atoms with Crippen LogP contribution in [0, 0.1) is 0 Å². The molecule has 0 fully saturated rings. The number of rotatable bonds is 7. The number of nitrogens with zero attached hydrogens (tertiary/aromatic N) is 1. The van der Waals surface area contributed by atoms with Gasteiger partial charge in [-0.1, -0.05) is 6.92 Å². The Hall–Kier alpha value is 0.310. The minimum Gasteiger partial charge on any atom is -0.452 e. The van der Waals surface area contributed by atoms with Crippen molar-refractivity contribution in [1.29, 1.82) is 0 Å². The fourth-order valence-electron chi connectivity index (χ4n) is 1.66. The lowest BCUT2D eigenvalue weighted by molar-refractivity contribution is 0.384. The predicted molar refractivity (Wildman–Crippen MR) is 83.4 cm³/mol. The number of sulfonamides is 1. The summed E-state index contributed by atoms with van der Waals surface area (Å²) in [5.74, 6) is 1.32. The molecule has 0 bridgehead atoms. The molecule has 1 heterocycles. The first kappa shape index (κ1) is 17.4. The fraction of sp³-hybridized carbons (Fsp3) is 0.636. The van der Waals surface area contributed by atoms with Crippen LogP contribution in [0.3, 0.4) is 0 Å². The van der Waals surface area contributed by atoms with Crippen LogP contribution in [0.1, 0.15) is 19.1 Å². The summed E-state index contributed by atoms with van der Waals surface area (Å²) in [6, 6.07) is 1.43. The van der Waals surface area contributed by atoms with Crippen LogP contribution in [0.15, 0.2) is 20.0 Å². The quantitative estimate of drug-likeness (QED) is 0.668. The normalized spacial score (nSPS) is 14.0. The Bertz CT molecular complexity index is 518. The number of alkyl halides is 1. The second kappa shape index (κ2) is 7.36. The van der Waals surface area contributed by atoms with Crippen LogP contribution in [0.2, 0.25) is 0 Å². The van der Waals surface area contributed by atoms with Crippen LogP contribution in [0.5, 0.6) is 0 Å². The molecule has 0 radical (unpaired) electrons. The minimum absolute atomic E-state index is 0.0405. The van der Waals surface area contributed by atoms with Crippen molar-refractivity contribution in [2.45, 2.75) is 30.2 Å². The zero-order valence-corrected chi connectivity index (χ0v) is 15.0. The monoisotopic (exact) mass is 389 g/mol. The van der Waals surface area contributed by atoms with Crippen LogP contribution < -0.4 is 0 Å². The third-order valence-corrected chi connectivity index (χ3v) is 6.59. The highest BCUT2D eigenvalue weighted by atomic mass is 79.9. The van der Waals surface area contributed by atoms with Gasteiger partial charge in [-0.25, -0.2) is 8.42 Å². The Labute approximate surface area is 132 Å². The molecule has 0 spiro atoms. The van der Waals surface area contributed by atoms with Gasteiger partial charge in [0.15, 0.2) is 4.67 Å². The summed E-state index contributed by atoms with van der Waals surface area (Å²) in [7, 11) is -1.97. The molecule has 1 rings (SSSR count). The number of furan rings is 1. The first-order valence-electron chi connectivity index (χ1n) is 5.69. The Morgan fingerprint density at radius 2 is 2.21 bits per heavy atom. The number of hydrogen-bond donors (Lipinski definition) is 0. The molecule has 0 saturated heterocycles. The van der Waals surface area contributed by atoms with Crippen molar-refractivity contribution in [3.8, 4) is 0 Å². The van der Waals surface area contributed by atoms with Crippen LogP contribution in [0.25, 0.3) is 0 Å². The van der Waals surface area contributed by atoms with Gasteiger partial charge >= 0.3 is 0 Å². The molecule has 0 aromatic carbocycles. The SMILES string of the molecule is CCC(CSC)N(C)S(=O)(=O)c1cc(CCl)oc1Br. The number of thioether (sulfide) groups is 1. The third kappa shape index (κ3) is 3.91. The molecule has 4 nitrogen and oxygen atoms in total. The molecule has 1 atom stereocenters. The fourth-order valence-corrected chi connectivity index (χ4v) is 5.12. The molecule has 1 aromatic rings. The van der Waals surface area contributed by atoms with E-state index < -0.39 is 10.0 Å². The summed E-state index contributed by atoms with van der Waals surface area (Å²) in [5, 5.41) is 0. The summed E-state index contributed by atoms with van der Waals surface area (Å²) in [4.78, 5) is 0.130. The molecular formula is C11H17BrClNO3S2. The van der Waals surface area contributed by atoms with Gasteiger partial charge in [-0.15, -0.1) is 11.6 Å². The lowest BCUT2D eigenvalue weighted by atomic mass is 10.3. The number of hydrogen-bond acceptors (Lipinski definition) is 4. The minimum atomic E-state index is -3.57. The molecule has 1 unspecified atom stereocenters. The standard InChI is InChI=1S/C11H17BrClNO3S2/c1-4-8(7-18-3)14(2)19(15,16)10-5-9(6-13)17-11(10)12/h5,8H,4,6-7H2,1-3H3. The summed E-state index contributed by atoms with van der Waals surface area (Å²) >= 11 is 10.4. The average Bonchev–Trinajstić information content (AvgIpc) is 2.77. The first-order chi connectivity index (χ1) is 8.88. The van der Waals surface area contributed by atoms with E-state index in [0.717, 1.165) is 12.2 Å². The van der Waals surface area contributed by atoms with Gasteiger partial charge in [0.05, 0.1) is 5.88 Å². The van der Waals surface area contributed by atoms with Crippen molar-refractivity contribution in [2.75, 3.05) is 19.1 Å². The molecule has 0 aliphatic rings. The van der Waals surface area contributed by atoms with E-state index in [2.05, 4.69) is 15.9 Å². The van der Waals surface area contributed by atoms with Crippen LogP contribution >= 0.6 is 39.3 Å². The largest absolute Gasteiger partial charge is 0.452 e. The topological polar surface area (TPSA) is 50.5 Å². The maximum Gasteiger partial charge on any atom is 0.247 e. The molecule has 0 amide bonds. The summed E-state index contributed by atoms with van der Waals surface area (Å²) in [6.07, 6.45) is 2.72. The maximum absolute atomic E-state index is 12.5. The van der Waals surface area contributed by atoms with Crippen molar-refractivity contribution < 1.29 is 12.8 Å². The summed E-state index contributed by atoms with van der Waals surface area (Å²) < 4.78 is 31.9. The Morgan fingerprint density at radius 3 is 2.63 bits per heavy atom. The van der Waals surface area contributed by atoms with E-state index in [4.69, 9.17) is 16.0 Å². The van der Waals surface area contributed by atoms with Crippen molar-refractivity contribution >= 4 is 49.3 Å². The van der Waals surface area contributed by atoms with Crippen molar-refractivity contribution in [3.05, 3.63) is 16.5 Å². The molecule has 0 saturated carbocycles. The highest BCUT2D eigenvalue weighted by Crippen LogP contribution is 2.30. The highest BCUT2D eigenvalue weighted by Gasteiger charge is 2.30. The van der Waals surface area contributed by atoms with Gasteiger partial charge in [-0.2, -0.15) is 16.1 Å². The zero-order chi connectivity index (χ0) is 14.6. The molecule has 1 aromatic heterocycles. The van der Waals surface area contributed by atoms with Crippen LogP contribution in [-0.4, -0.2) is 37.8 Å². The van der Waals surface area contributed by atoms with Gasteiger partial charge in [-0.05, 0) is 28.6 Å². The summed E-state index contributed by atoms with van der Waals surface area (Å²) in [6.45, 7) is 1.97. The maximum atomic E-state index is 12.5. The molecule has 19 heavy (non-hydrogen) atoms. The lowest BCUT2D eigenvalue weighted by Crippen LogP contribution is -2.38. The van der Waals surface area contributed by atoms with Gasteiger partial charge in [0, 0.05) is 24.9 Å². The first-order valence-corrected chi connectivity index (χ1v) is 9.85. The van der Waals surface area contributed by atoms with E-state index in [9.17, 15) is 8.42 Å². The van der Waals surface area contributed by atoms with Crippen molar-refractivity contribution in [2.24, 2.45) is 0 Å². The second-order valence-corrected chi connectivity index (χ2v) is 7.89. The zero-order valence-electron chi connectivity index (χ0n) is 11.0. The third-order valence-electron chi connectivity index (χ3n) is 2.84. The summed E-state index contributed by atoms with van der Waals surface area (Å²) in [5.41, 5.74) is 0. The molecular weight excluding hydrogens is 374 g/mol. The smallest absolute Gasteiger partial charge is 0.247 e. The molecule has 0 aliphatic carbocycles. The van der Waals surface area contributed by atoms with E-state index in [-0.39, 0.29) is 21.5 Å². The highest BCUT2D eigenvalue weighted by molar-refractivity contribution is 9.10. The van der Waals surface area contributed by atoms with Gasteiger partial charge in [0.2, 0.25) is 10.0 Å². The lowest BCUT2D eigenvalue weighted by Gasteiger charge is -2.25. The molecule has 8 heteroatoms. The second-order valence-electron chi connectivity index (χ2n) is 4.02. The van der Waals surface area contributed by atoms with E-state index >= 15 is 0 Å². The Kier molecular flexibility index (Phi) is 6.72. The van der Waals surface area contributed by atoms with E-state index in [1.54, 1.807) is 18.8 Å². The molecule has 110 valence electrons. The van der Waals surface area contributed by atoms with Crippen LogP contribution in [0.4, 0.5) is 0 Å². The van der Waals surface area contributed by atoms with Gasteiger partial charge in [0.25, 0.3) is 0 Å². The van der Waals surface area contributed by atoms with E-state index in [1.165, 1.54) is 10.4 Å². The van der Waals surface area contributed by atoms with E-state index in [1.807, 2.05) is 13.2 Å². The van der Waals surface area contributed by atoms with Crippen molar-refractivity contribution in [3.63, 3.8) is 0 Å².